The number of carbonyl (C=O) groups is 1. The minimum absolute atomic E-state index is 0.0866. The highest BCUT2D eigenvalue weighted by Gasteiger charge is 2.39. The van der Waals surface area contributed by atoms with Crippen LogP contribution in [0.25, 0.3) is 0 Å². The second kappa shape index (κ2) is 3.13. The largest absolute Gasteiger partial charge is 0.419 e. The highest BCUT2D eigenvalue weighted by Crippen LogP contribution is 2.37. The number of hydrogen-bond acceptors (Lipinski definition) is 3. The Bertz CT molecular complexity index is 221. The Balaban J connectivity index is 2.76. The molecule has 0 aromatic carbocycles. The maximum atomic E-state index is 10.9. The molecule has 0 saturated carbocycles. The Morgan fingerprint density at radius 3 is 2.58 bits per heavy atom. The first-order valence-electron chi connectivity index (χ1n) is 4.22. The molecule has 0 N–H and O–H groups in total. The Hall–Kier alpha value is -0.440. The van der Waals surface area contributed by atoms with Gasteiger partial charge in [0.2, 0.25) is 0 Å². The fourth-order valence-electron chi connectivity index (χ4n) is 1.32. The van der Waals surface area contributed by atoms with Crippen LogP contribution in [-0.4, -0.2) is 11.0 Å². The molecular formula is C9H14O2S. The van der Waals surface area contributed by atoms with Crippen LogP contribution in [0.5, 0.6) is 0 Å². The molecule has 0 amide bonds. The van der Waals surface area contributed by atoms with E-state index in [0.717, 1.165) is 6.42 Å². The van der Waals surface area contributed by atoms with Crippen molar-refractivity contribution in [1.29, 1.82) is 0 Å². The summed E-state index contributed by atoms with van der Waals surface area (Å²) in [4.78, 5) is 10.9. The van der Waals surface area contributed by atoms with Crippen molar-refractivity contribution in [3.05, 3.63) is 0 Å². The summed E-state index contributed by atoms with van der Waals surface area (Å²) >= 11 is 4.99. The van der Waals surface area contributed by atoms with Gasteiger partial charge in [0, 0.05) is 5.92 Å². The Morgan fingerprint density at radius 2 is 2.25 bits per heavy atom. The van der Waals surface area contributed by atoms with Crippen LogP contribution < -0.4 is 0 Å². The van der Waals surface area contributed by atoms with Gasteiger partial charge in [-0.1, -0.05) is 27.2 Å². The number of cyclic esters (lactones) is 1. The van der Waals surface area contributed by atoms with E-state index in [1.165, 1.54) is 0 Å². The van der Waals surface area contributed by atoms with Gasteiger partial charge in [-0.25, -0.2) is 0 Å². The van der Waals surface area contributed by atoms with Crippen LogP contribution in [0.1, 0.15) is 33.6 Å². The molecule has 0 bridgehead atoms. The van der Waals surface area contributed by atoms with Crippen molar-refractivity contribution in [3.8, 4) is 0 Å². The van der Waals surface area contributed by atoms with Gasteiger partial charge in [0.25, 0.3) is 0 Å². The van der Waals surface area contributed by atoms with Crippen molar-refractivity contribution in [2.45, 2.75) is 33.6 Å². The number of ether oxygens (including phenoxy) is 1. The van der Waals surface area contributed by atoms with Crippen LogP contribution in [0.4, 0.5) is 0 Å². The first-order valence-corrected chi connectivity index (χ1v) is 4.62. The van der Waals surface area contributed by atoms with Crippen molar-refractivity contribution in [2.75, 3.05) is 0 Å². The smallest absolute Gasteiger partial charge is 0.312 e. The lowest BCUT2D eigenvalue weighted by molar-refractivity contribution is -0.133. The van der Waals surface area contributed by atoms with Gasteiger partial charge in [-0.3, -0.25) is 4.79 Å². The molecule has 1 heterocycles. The van der Waals surface area contributed by atoms with Crippen LogP contribution in [0.15, 0.2) is 0 Å². The molecule has 68 valence electrons. The lowest BCUT2D eigenvalue weighted by Crippen LogP contribution is -2.25. The van der Waals surface area contributed by atoms with Crippen molar-refractivity contribution in [3.63, 3.8) is 0 Å². The fraction of sp³-hybridized carbons (Fsp3) is 0.778. The van der Waals surface area contributed by atoms with Crippen LogP contribution in [-0.2, 0) is 9.53 Å². The number of esters is 1. The van der Waals surface area contributed by atoms with Crippen LogP contribution >= 0.6 is 12.2 Å². The molecule has 1 aliphatic heterocycles. The maximum absolute atomic E-state index is 10.9. The summed E-state index contributed by atoms with van der Waals surface area (Å²) in [6.45, 7) is 6.34. The van der Waals surface area contributed by atoms with E-state index in [9.17, 15) is 4.79 Å². The van der Waals surface area contributed by atoms with E-state index in [1.807, 2.05) is 0 Å². The van der Waals surface area contributed by atoms with Gasteiger partial charge in [0.15, 0.2) is 5.05 Å². The van der Waals surface area contributed by atoms with E-state index in [4.69, 9.17) is 17.0 Å². The van der Waals surface area contributed by atoms with E-state index < -0.39 is 0 Å². The zero-order valence-corrected chi connectivity index (χ0v) is 8.53. The second-order valence-corrected chi connectivity index (χ2v) is 4.29. The molecule has 1 atom stereocenters. The number of thiocarbonyl (C=S) groups is 1. The number of rotatable bonds is 2. The Morgan fingerprint density at radius 1 is 1.67 bits per heavy atom. The van der Waals surface area contributed by atoms with E-state index in [-0.39, 0.29) is 17.3 Å². The minimum Gasteiger partial charge on any atom is -0.419 e. The summed E-state index contributed by atoms with van der Waals surface area (Å²) in [5, 5.41) is 0.479. The minimum atomic E-state index is -0.175. The van der Waals surface area contributed by atoms with E-state index in [2.05, 4.69) is 20.8 Å². The predicted molar refractivity (Wildman–Crippen MR) is 50.9 cm³/mol. The predicted octanol–water partition coefficient (Wildman–Crippen LogP) is 2.31. The monoisotopic (exact) mass is 186 g/mol. The lowest BCUT2D eigenvalue weighted by atomic mass is 9.76. The quantitative estimate of drug-likeness (QED) is 0.489. The van der Waals surface area contributed by atoms with Gasteiger partial charge in [0.1, 0.15) is 0 Å². The van der Waals surface area contributed by atoms with E-state index in [1.54, 1.807) is 0 Å². The summed E-state index contributed by atoms with van der Waals surface area (Å²) in [5.74, 6) is -0.0449. The van der Waals surface area contributed by atoms with Crippen molar-refractivity contribution in [2.24, 2.45) is 11.3 Å². The Kier molecular flexibility index (Phi) is 2.52. The fourth-order valence-corrected chi connectivity index (χ4v) is 1.81. The standard InChI is InChI=1S/C9H14O2S/c1-4-9(2,3)6-5-7(10)11-8(6)12/h6H,4-5H2,1-3H3. The molecule has 1 saturated heterocycles. The van der Waals surface area contributed by atoms with Crippen molar-refractivity contribution in [1.82, 2.24) is 0 Å². The molecule has 0 aliphatic carbocycles. The average Bonchev–Trinajstić information content (AvgIpc) is 2.31. The molecular weight excluding hydrogens is 172 g/mol. The topological polar surface area (TPSA) is 26.3 Å². The van der Waals surface area contributed by atoms with Gasteiger partial charge < -0.3 is 4.74 Å². The molecule has 3 heteroatoms. The first-order chi connectivity index (χ1) is 5.47. The summed E-state index contributed by atoms with van der Waals surface area (Å²) in [6.07, 6.45) is 1.47. The third-order valence-corrected chi connectivity index (χ3v) is 3.09. The third kappa shape index (κ3) is 1.66. The molecule has 0 radical (unpaired) electrons. The second-order valence-electron chi connectivity index (χ2n) is 3.89. The first kappa shape index (κ1) is 9.65. The molecule has 1 fully saturated rings. The molecule has 0 aromatic rings. The molecule has 2 nitrogen and oxygen atoms in total. The summed E-state index contributed by atoms with van der Waals surface area (Å²) in [7, 11) is 0. The van der Waals surface area contributed by atoms with Gasteiger partial charge >= 0.3 is 5.97 Å². The van der Waals surface area contributed by atoms with Crippen LogP contribution in [0, 0.1) is 11.3 Å². The van der Waals surface area contributed by atoms with Gasteiger partial charge in [-0.05, 0) is 17.6 Å². The van der Waals surface area contributed by atoms with E-state index >= 15 is 0 Å². The van der Waals surface area contributed by atoms with E-state index in [0.29, 0.717) is 11.5 Å². The van der Waals surface area contributed by atoms with Crippen molar-refractivity contribution < 1.29 is 9.53 Å². The highest BCUT2D eigenvalue weighted by atomic mass is 32.1. The summed E-state index contributed by atoms with van der Waals surface area (Å²) < 4.78 is 4.85. The van der Waals surface area contributed by atoms with Crippen LogP contribution in [0.2, 0.25) is 0 Å². The molecule has 12 heavy (non-hydrogen) atoms. The Labute approximate surface area is 78.3 Å². The normalized spacial score (nSPS) is 24.4. The maximum Gasteiger partial charge on any atom is 0.312 e. The number of hydrogen-bond donors (Lipinski definition) is 0. The SMILES string of the molecule is CCC(C)(C)C1CC(=O)OC1=S. The van der Waals surface area contributed by atoms with Gasteiger partial charge in [-0.2, -0.15) is 0 Å². The van der Waals surface area contributed by atoms with Crippen LogP contribution in [0.3, 0.4) is 0 Å². The average molecular weight is 186 g/mol. The van der Waals surface area contributed by atoms with Crippen molar-refractivity contribution >= 4 is 23.2 Å². The zero-order chi connectivity index (χ0) is 9.35. The lowest BCUT2D eigenvalue weighted by Gasteiger charge is -2.27. The molecule has 1 unspecified atom stereocenters. The van der Waals surface area contributed by atoms with Gasteiger partial charge in [0.05, 0.1) is 6.42 Å². The highest BCUT2D eigenvalue weighted by molar-refractivity contribution is 7.80. The molecule has 1 rings (SSSR count). The third-order valence-electron chi connectivity index (χ3n) is 2.72. The summed E-state index contributed by atoms with van der Waals surface area (Å²) in [5.41, 5.74) is 0.0866. The number of carbonyl (C=O) groups excluding carboxylic acids is 1. The molecule has 0 spiro atoms. The summed E-state index contributed by atoms with van der Waals surface area (Å²) in [6, 6.07) is 0. The molecule has 1 aliphatic rings. The van der Waals surface area contributed by atoms with Gasteiger partial charge in [-0.15, -0.1) is 0 Å². The molecule has 0 aromatic heterocycles. The zero-order valence-electron chi connectivity index (χ0n) is 7.72.